The molecule has 166 valence electrons. The van der Waals surface area contributed by atoms with E-state index in [1.54, 1.807) is 0 Å². The van der Waals surface area contributed by atoms with Gasteiger partial charge < -0.3 is 0 Å². The fraction of sp³-hybridized carbons (Fsp3) is 0.357. The number of imidazole rings is 2. The molecule has 4 aromatic rings. The molecule has 0 N–H and O–H groups in total. The summed E-state index contributed by atoms with van der Waals surface area (Å²) in [5, 5.41) is 0. The van der Waals surface area contributed by atoms with E-state index >= 15 is 0 Å². The summed E-state index contributed by atoms with van der Waals surface area (Å²) in [7, 11) is 0. The van der Waals surface area contributed by atoms with Gasteiger partial charge in [0.2, 0.25) is 12.7 Å². The standard InChI is InChI=1S/C28H36N4/c1-21-15-23(3)27(24(4)16-21)31-13-11-29(19-31)9-7-8-10-30-12-14-32(20-30)28-25(5)17-22(2)18-26(28)6/h11-20H,7-10H2,1-6H3/q+2. The second-order valence-corrected chi connectivity index (χ2v) is 9.32. The molecule has 0 bridgehead atoms. The largest absolute Gasteiger partial charge is 0.248 e. The lowest BCUT2D eigenvalue weighted by molar-refractivity contribution is -0.707. The highest BCUT2D eigenvalue weighted by molar-refractivity contribution is 5.49. The first-order valence-corrected chi connectivity index (χ1v) is 11.6. The van der Waals surface area contributed by atoms with Gasteiger partial charge in [-0.25, -0.2) is 18.3 Å². The van der Waals surface area contributed by atoms with Crippen molar-refractivity contribution in [3.8, 4) is 11.4 Å². The van der Waals surface area contributed by atoms with Gasteiger partial charge in [0.15, 0.2) is 0 Å². The van der Waals surface area contributed by atoms with Crippen molar-refractivity contribution in [2.24, 2.45) is 0 Å². The Bertz CT molecular complexity index is 1100. The maximum absolute atomic E-state index is 2.30. The zero-order valence-corrected chi connectivity index (χ0v) is 20.4. The molecule has 0 unspecified atom stereocenters. The second-order valence-electron chi connectivity index (χ2n) is 9.32. The SMILES string of the molecule is Cc1cc(C)c(-n2cc[n+](CCCC[n+]3ccn(-c4c(C)cc(C)cc4C)c3)c2)c(C)c1. The number of benzene rings is 2. The first-order chi connectivity index (χ1) is 15.3. The lowest BCUT2D eigenvalue weighted by Crippen LogP contribution is -2.34. The molecule has 0 saturated carbocycles. The van der Waals surface area contributed by atoms with Crippen LogP contribution in [0, 0.1) is 41.5 Å². The zero-order chi connectivity index (χ0) is 22.8. The Morgan fingerprint density at radius 1 is 0.562 bits per heavy atom. The Morgan fingerprint density at radius 2 is 0.906 bits per heavy atom. The van der Waals surface area contributed by atoms with Crippen molar-refractivity contribution in [1.82, 2.24) is 9.13 Å². The van der Waals surface area contributed by atoms with Crippen LogP contribution >= 0.6 is 0 Å². The van der Waals surface area contributed by atoms with E-state index in [4.69, 9.17) is 0 Å². The average molecular weight is 429 g/mol. The van der Waals surface area contributed by atoms with Gasteiger partial charge in [-0.3, -0.25) is 0 Å². The highest BCUT2D eigenvalue weighted by Crippen LogP contribution is 2.21. The Kier molecular flexibility index (Phi) is 6.31. The number of aromatic nitrogens is 4. The minimum Gasteiger partial charge on any atom is -0.236 e. The van der Waals surface area contributed by atoms with Crippen molar-refractivity contribution in [3.63, 3.8) is 0 Å². The van der Waals surface area contributed by atoms with Crippen LogP contribution in [0.2, 0.25) is 0 Å². The van der Waals surface area contributed by atoms with Crippen LogP contribution in [0.4, 0.5) is 0 Å². The quantitative estimate of drug-likeness (QED) is 0.285. The number of hydrogen-bond donors (Lipinski definition) is 0. The molecule has 0 aliphatic rings. The number of aryl methyl sites for hydroxylation is 8. The normalized spacial score (nSPS) is 11.3. The van der Waals surface area contributed by atoms with E-state index in [-0.39, 0.29) is 0 Å². The molecule has 4 rings (SSSR count). The van der Waals surface area contributed by atoms with Crippen molar-refractivity contribution >= 4 is 0 Å². The lowest BCUT2D eigenvalue weighted by Gasteiger charge is -2.07. The van der Waals surface area contributed by atoms with E-state index < -0.39 is 0 Å². The van der Waals surface area contributed by atoms with Crippen LogP contribution < -0.4 is 9.13 Å². The molecule has 0 saturated heterocycles. The van der Waals surface area contributed by atoms with E-state index in [2.05, 4.69) is 122 Å². The topological polar surface area (TPSA) is 17.6 Å². The van der Waals surface area contributed by atoms with E-state index in [1.807, 2.05) is 0 Å². The van der Waals surface area contributed by atoms with E-state index in [0.29, 0.717) is 0 Å². The molecule has 0 aliphatic carbocycles. The first kappa shape index (κ1) is 22.1. The van der Waals surface area contributed by atoms with Crippen LogP contribution in [-0.2, 0) is 13.1 Å². The molecule has 0 fully saturated rings. The fourth-order valence-electron chi connectivity index (χ4n) is 5.07. The number of unbranched alkanes of at least 4 members (excludes halogenated alkanes) is 1. The third-order valence-corrected chi connectivity index (χ3v) is 6.25. The minimum atomic E-state index is 1.04. The van der Waals surface area contributed by atoms with Gasteiger partial charge in [-0.05, 0) is 76.6 Å². The van der Waals surface area contributed by atoms with Gasteiger partial charge >= 0.3 is 0 Å². The fourth-order valence-corrected chi connectivity index (χ4v) is 5.07. The first-order valence-electron chi connectivity index (χ1n) is 11.6. The Labute approximate surface area is 192 Å². The molecule has 2 aromatic carbocycles. The molecule has 0 spiro atoms. The molecule has 0 amide bonds. The van der Waals surface area contributed by atoms with Gasteiger partial charge in [-0.15, -0.1) is 0 Å². The molecule has 0 atom stereocenters. The summed E-state index contributed by atoms with van der Waals surface area (Å²) in [6, 6.07) is 9.04. The number of rotatable bonds is 7. The molecule has 4 heteroatoms. The summed E-state index contributed by atoms with van der Waals surface area (Å²) in [6.45, 7) is 15.2. The smallest absolute Gasteiger partial charge is 0.236 e. The average Bonchev–Trinajstić information content (AvgIpc) is 3.34. The van der Waals surface area contributed by atoms with E-state index in [9.17, 15) is 0 Å². The van der Waals surface area contributed by atoms with Gasteiger partial charge in [-0.1, -0.05) is 35.4 Å². The third kappa shape index (κ3) is 4.69. The van der Waals surface area contributed by atoms with Crippen molar-refractivity contribution in [2.45, 2.75) is 67.5 Å². The molecular formula is C28H36N4+2. The van der Waals surface area contributed by atoms with Crippen LogP contribution in [0.5, 0.6) is 0 Å². The Balaban J connectivity index is 1.35. The van der Waals surface area contributed by atoms with Gasteiger partial charge in [0.1, 0.15) is 36.2 Å². The van der Waals surface area contributed by atoms with Crippen molar-refractivity contribution in [2.75, 3.05) is 0 Å². The number of nitrogens with zero attached hydrogens (tertiary/aromatic N) is 4. The summed E-state index contributed by atoms with van der Waals surface area (Å²) in [5.41, 5.74) is 10.5. The molecule has 0 radical (unpaired) electrons. The van der Waals surface area contributed by atoms with Crippen LogP contribution in [-0.4, -0.2) is 9.13 Å². The summed E-state index contributed by atoms with van der Waals surface area (Å²) in [6.07, 6.45) is 15.5. The van der Waals surface area contributed by atoms with Crippen molar-refractivity contribution < 1.29 is 9.13 Å². The predicted octanol–water partition coefficient (Wildman–Crippen LogP) is 5.17. The molecular weight excluding hydrogens is 392 g/mol. The monoisotopic (exact) mass is 428 g/mol. The van der Waals surface area contributed by atoms with E-state index in [1.165, 1.54) is 44.8 Å². The molecule has 0 aliphatic heterocycles. The van der Waals surface area contributed by atoms with Crippen molar-refractivity contribution in [1.29, 1.82) is 0 Å². The van der Waals surface area contributed by atoms with Crippen LogP contribution in [0.25, 0.3) is 11.4 Å². The van der Waals surface area contributed by atoms with E-state index in [0.717, 1.165) is 25.9 Å². The van der Waals surface area contributed by atoms with Crippen molar-refractivity contribution in [3.05, 3.63) is 95.1 Å². The Morgan fingerprint density at radius 3 is 1.25 bits per heavy atom. The molecule has 2 aromatic heterocycles. The summed E-state index contributed by atoms with van der Waals surface area (Å²) < 4.78 is 9.11. The third-order valence-electron chi connectivity index (χ3n) is 6.25. The summed E-state index contributed by atoms with van der Waals surface area (Å²) in [5.74, 6) is 0. The highest BCUT2D eigenvalue weighted by atomic mass is 15.1. The summed E-state index contributed by atoms with van der Waals surface area (Å²) >= 11 is 0. The van der Waals surface area contributed by atoms with Gasteiger partial charge in [0.05, 0.1) is 13.1 Å². The minimum absolute atomic E-state index is 1.04. The predicted molar refractivity (Wildman–Crippen MR) is 130 cm³/mol. The lowest BCUT2D eigenvalue weighted by atomic mass is 10.1. The number of hydrogen-bond acceptors (Lipinski definition) is 0. The zero-order valence-electron chi connectivity index (χ0n) is 20.4. The maximum Gasteiger partial charge on any atom is 0.248 e. The molecule has 4 nitrogen and oxygen atoms in total. The molecule has 32 heavy (non-hydrogen) atoms. The van der Waals surface area contributed by atoms with Crippen LogP contribution in [0.15, 0.2) is 61.7 Å². The van der Waals surface area contributed by atoms with Crippen LogP contribution in [0.3, 0.4) is 0 Å². The second kappa shape index (κ2) is 9.15. The van der Waals surface area contributed by atoms with Crippen LogP contribution in [0.1, 0.15) is 46.2 Å². The van der Waals surface area contributed by atoms with Gasteiger partial charge in [0, 0.05) is 0 Å². The van der Waals surface area contributed by atoms with Gasteiger partial charge in [-0.2, -0.15) is 0 Å². The Hall–Kier alpha value is -3.14. The van der Waals surface area contributed by atoms with Gasteiger partial charge in [0.25, 0.3) is 0 Å². The highest BCUT2D eigenvalue weighted by Gasteiger charge is 2.14. The molecule has 2 heterocycles. The maximum atomic E-state index is 2.30. The summed E-state index contributed by atoms with van der Waals surface area (Å²) in [4.78, 5) is 0.